The highest BCUT2D eigenvalue weighted by Crippen LogP contribution is 2.37. The summed E-state index contributed by atoms with van der Waals surface area (Å²) in [6.07, 6.45) is 3.30. The second-order valence-corrected chi connectivity index (χ2v) is 9.22. The number of methoxy groups -OCH3 is 1. The standard InChI is InChI=1S/C27H34N2O4/c1-5-33-23-14-13-19(15-24(23)32-4)16-29-25(20-10-6-7-11-21(20)27(29)31)26(30)28-22-12-8-9-17(2)18(22)3/h6-7,10-11,13-15,17-18,22,25H,5,8-9,12,16H2,1-4H3,(H,28,30). The molecule has 6 heteroatoms. The Hall–Kier alpha value is -3.02. The van der Waals surface area contributed by atoms with Crippen molar-refractivity contribution in [2.24, 2.45) is 11.8 Å². The molecule has 176 valence electrons. The summed E-state index contributed by atoms with van der Waals surface area (Å²) in [4.78, 5) is 28.6. The quantitative estimate of drug-likeness (QED) is 0.662. The minimum atomic E-state index is -0.643. The Morgan fingerprint density at radius 2 is 1.91 bits per heavy atom. The Kier molecular flexibility index (Phi) is 6.91. The van der Waals surface area contributed by atoms with E-state index in [1.165, 1.54) is 6.42 Å². The van der Waals surface area contributed by atoms with Crippen LogP contribution in [0.25, 0.3) is 0 Å². The van der Waals surface area contributed by atoms with E-state index in [1.54, 1.807) is 12.0 Å². The van der Waals surface area contributed by atoms with E-state index in [2.05, 4.69) is 19.2 Å². The highest BCUT2D eigenvalue weighted by atomic mass is 16.5. The van der Waals surface area contributed by atoms with Crippen LogP contribution in [-0.4, -0.2) is 36.5 Å². The van der Waals surface area contributed by atoms with Crippen molar-refractivity contribution in [1.29, 1.82) is 0 Å². The third-order valence-corrected chi connectivity index (χ3v) is 7.22. The van der Waals surface area contributed by atoms with Crippen molar-refractivity contribution in [2.75, 3.05) is 13.7 Å². The molecule has 0 aromatic heterocycles. The molecular weight excluding hydrogens is 416 g/mol. The van der Waals surface area contributed by atoms with Crippen molar-refractivity contribution < 1.29 is 19.1 Å². The number of ether oxygens (including phenoxy) is 2. The number of hydrogen-bond donors (Lipinski definition) is 1. The average molecular weight is 451 g/mol. The summed E-state index contributed by atoms with van der Waals surface area (Å²) in [5, 5.41) is 3.29. The normalized spacial score (nSPS) is 24.4. The van der Waals surface area contributed by atoms with E-state index in [0.29, 0.717) is 42.0 Å². The van der Waals surface area contributed by atoms with E-state index < -0.39 is 6.04 Å². The van der Waals surface area contributed by atoms with Gasteiger partial charge in [0, 0.05) is 18.2 Å². The Morgan fingerprint density at radius 3 is 2.67 bits per heavy atom. The van der Waals surface area contributed by atoms with Crippen molar-refractivity contribution >= 4 is 11.8 Å². The van der Waals surface area contributed by atoms with Gasteiger partial charge in [-0.1, -0.05) is 51.0 Å². The molecule has 4 rings (SSSR count). The maximum Gasteiger partial charge on any atom is 0.255 e. The van der Waals surface area contributed by atoms with Crippen LogP contribution in [0.3, 0.4) is 0 Å². The van der Waals surface area contributed by atoms with Crippen LogP contribution in [0.2, 0.25) is 0 Å². The zero-order chi connectivity index (χ0) is 23.5. The van der Waals surface area contributed by atoms with Gasteiger partial charge in [0.1, 0.15) is 6.04 Å². The lowest BCUT2D eigenvalue weighted by Crippen LogP contribution is -2.48. The fourth-order valence-electron chi connectivity index (χ4n) is 5.15. The summed E-state index contributed by atoms with van der Waals surface area (Å²) >= 11 is 0. The van der Waals surface area contributed by atoms with Gasteiger partial charge in [-0.05, 0) is 54.5 Å². The molecule has 2 aromatic rings. The Morgan fingerprint density at radius 1 is 1.12 bits per heavy atom. The number of carbonyl (C=O) groups excluding carboxylic acids is 2. The SMILES string of the molecule is CCOc1ccc(CN2C(=O)c3ccccc3C2C(=O)NC2CCCC(C)C2C)cc1OC. The van der Waals surface area contributed by atoms with Gasteiger partial charge in [0.2, 0.25) is 5.91 Å². The topological polar surface area (TPSA) is 67.9 Å². The van der Waals surface area contributed by atoms with Gasteiger partial charge in [-0.25, -0.2) is 0 Å². The molecule has 0 radical (unpaired) electrons. The molecule has 1 fully saturated rings. The predicted octanol–water partition coefficient (Wildman–Crippen LogP) is 4.73. The highest BCUT2D eigenvalue weighted by Gasteiger charge is 2.42. The lowest BCUT2D eigenvalue weighted by atomic mass is 9.78. The first-order valence-electron chi connectivity index (χ1n) is 11.9. The van der Waals surface area contributed by atoms with E-state index in [4.69, 9.17) is 9.47 Å². The van der Waals surface area contributed by atoms with Gasteiger partial charge in [-0.2, -0.15) is 0 Å². The maximum absolute atomic E-state index is 13.6. The number of rotatable bonds is 7. The second-order valence-electron chi connectivity index (χ2n) is 9.22. The average Bonchev–Trinajstić information content (AvgIpc) is 3.09. The summed E-state index contributed by atoms with van der Waals surface area (Å²) < 4.78 is 11.1. The van der Waals surface area contributed by atoms with Gasteiger partial charge in [-0.3, -0.25) is 9.59 Å². The second kappa shape index (κ2) is 9.86. The molecule has 0 bridgehead atoms. The van der Waals surface area contributed by atoms with Crippen LogP contribution in [-0.2, 0) is 11.3 Å². The van der Waals surface area contributed by atoms with Crippen molar-refractivity contribution in [3.8, 4) is 11.5 Å². The fraction of sp³-hybridized carbons (Fsp3) is 0.481. The maximum atomic E-state index is 13.6. The third-order valence-electron chi connectivity index (χ3n) is 7.22. The van der Waals surface area contributed by atoms with Gasteiger partial charge < -0.3 is 19.7 Å². The monoisotopic (exact) mass is 450 g/mol. The zero-order valence-electron chi connectivity index (χ0n) is 20.0. The van der Waals surface area contributed by atoms with Crippen LogP contribution in [0.15, 0.2) is 42.5 Å². The molecule has 1 aliphatic carbocycles. The first-order chi connectivity index (χ1) is 15.9. The van der Waals surface area contributed by atoms with E-state index >= 15 is 0 Å². The van der Waals surface area contributed by atoms with Gasteiger partial charge in [0.05, 0.1) is 13.7 Å². The zero-order valence-corrected chi connectivity index (χ0v) is 20.0. The van der Waals surface area contributed by atoms with Crippen molar-refractivity contribution in [2.45, 2.75) is 58.7 Å². The number of amides is 2. The third kappa shape index (κ3) is 4.56. The smallest absolute Gasteiger partial charge is 0.255 e. The molecule has 1 N–H and O–H groups in total. The number of benzene rings is 2. The first kappa shape index (κ1) is 23.1. The number of nitrogens with one attached hydrogen (secondary N) is 1. The molecular formula is C27H34N2O4. The van der Waals surface area contributed by atoms with Crippen molar-refractivity contribution in [3.63, 3.8) is 0 Å². The summed E-state index contributed by atoms with van der Waals surface area (Å²) in [6.45, 7) is 7.24. The summed E-state index contributed by atoms with van der Waals surface area (Å²) in [5.74, 6) is 2.05. The van der Waals surface area contributed by atoms with Gasteiger partial charge in [-0.15, -0.1) is 0 Å². The van der Waals surface area contributed by atoms with Crippen LogP contribution < -0.4 is 14.8 Å². The number of hydrogen-bond acceptors (Lipinski definition) is 4. The highest BCUT2D eigenvalue weighted by molar-refractivity contribution is 6.04. The summed E-state index contributed by atoms with van der Waals surface area (Å²) in [5.41, 5.74) is 2.25. The lowest BCUT2D eigenvalue weighted by molar-refractivity contribution is -0.127. The van der Waals surface area contributed by atoms with E-state index in [1.807, 2.05) is 49.4 Å². The molecule has 2 amide bonds. The largest absolute Gasteiger partial charge is 0.493 e. The lowest BCUT2D eigenvalue weighted by Gasteiger charge is -2.36. The van der Waals surface area contributed by atoms with Crippen molar-refractivity contribution in [1.82, 2.24) is 10.2 Å². The number of nitrogens with zero attached hydrogens (tertiary/aromatic N) is 1. The number of carbonyl (C=O) groups is 2. The van der Waals surface area contributed by atoms with Crippen LogP contribution >= 0.6 is 0 Å². The molecule has 0 spiro atoms. The minimum absolute atomic E-state index is 0.0999. The fourth-order valence-corrected chi connectivity index (χ4v) is 5.15. The molecule has 4 unspecified atom stereocenters. The van der Waals surface area contributed by atoms with E-state index in [-0.39, 0.29) is 17.9 Å². The Bertz CT molecular complexity index is 1020. The van der Waals surface area contributed by atoms with Gasteiger partial charge in [0.15, 0.2) is 11.5 Å². The molecule has 2 aromatic carbocycles. The Balaban J connectivity index is 1.61. The van der Waals surface area contributed by atoms with Crippen LogP contribution in [0.5, 0.6) is 11.5 Å². The number of fused-ring (bicyclic) bond motifs is 1. The van der Waals surface area contributed by atoms with Crippen molar-refractivity contribution in [3.05, 3.63) is 59.2 Å². The molecule has 4 atom stereocenters. The first-order valence-corrected chi connectivity index (χ1v) is 11.9. The van der Waals surface area contributed by atoms with Crippen LogP contribution in [0.1, 0.15) is 67.6 Å². The van der Waals surface area contributed by atoms with Gasteiger partial charge in [0.25, 0.3) is 5.91 Å². The van der Waals surface area contributed by atoms with Gasteiger partial charge >= 0.3 is 0 Å². The van der Waals surface area contributed by atoms with Crippen LogP contribution in [0.4, 0.5) is 0 Å². The molecule has 1 saturated carbocycles. The molecule has 1 aliphatic heterocycles. The molecule has 1 heterocycles. The minimum Gasteiger partial charge on any atom is -0.493 e. The summed E-state index contributed by atoms with van der Waals surface area (Å²) in [6, 6.07) is 12.6. The molecule has 6 nitrogen and oxygen atoms in total. The predicted molar refractivity (Wildman–Crippen MR) is 127 cm³/mol. The molecule has 33 heavy (non-hydrogen) atoms. The molecule has 0 saturated heterocycles. The van der Waals surface area contributed by atoms with Crippen LogP contribution in [0, 0.1) is 11.8 Å². The molecule has 2 aliphatic rings. The Labute approximate surface area is 196 Å². The van der Waals surface area contributed by atoms with E-state index in [0.717, 1.165) is 24.0 Å². The van der Waals surface area contributed by atoms with E-state index in [9.17, 15) is 9.59 Å². The summed E-state index contributed by atoms with van der Waals surface area (Å²) in [7, 11) is 1.60.